The number of alkyl halides is 3. The summed E-state index contributed by atoms with van der Waals surface area (Å²) in [5, 5.41) is 4.82. The number of methoxy groups -OCH3 is 1. The minimum Gasteiger partial charge on any atom is -0.480 e. The van der Waals surface area contributed by atoms with Gasteiger partial charge in [0.2, 0.25) is 11.8 Å². The van der Waals surface area contributed by atoms with E-state index >= 15 is 0 Å². The molecular weight excluding hydrogens is 534 g/mol. The highest BCUT2D eigenvalue weighted by molar-refractivity contribution is 8.00. The zero-order valence-electron chi connectivity index (χ0n) is 20.9. The lowest BCUT2D eigenvalue weighted by molar-refractivity contribution is -0.105. The van der Waals surface area contributed by atoms with Crippen LogP contribution in [-0.4, -0.2) is 38.8 Å². The summed E-state index contributed by atoms with van der Waals surface area (Å²) in [6.07, 6.45) is 2.31. The van der Waals surface area contributed by atoms with Gasteiger partial charge in [-0.1, -0.05) is 30.3 Å². The van der Waals surface area contributed by atoms with E-state index < -0.39 is 17.7 Å². The van der Waals surface area contributed by atoms with Crippen LogP contribution in [0.15, 0.2) is 60.9 Å². The van der Waals surface area contributed by atoms with E-state index in [-0.39, 0.29) is 35.3 Å². The number of pyridine rings is 2. The van der Waals surface area contributed by atoms with Gasteiger partial charge in [-0.3, -0.25) is 4.68 Å². The fourth-order valence-corrected chi connectivity index (χ4v) is 4.62. The number of ether oxygens (including phenoxy) is 2. The summed E-state index contributed by atoms with van der Waals surface area (Å²) in [6.45, 7) is 0.163. The number of aromatic nitrogens is 4. The van der Waals surface area contributed by atoms with Gasteiger partial charge in [0.15, 0.2) is 0 Å². The summed E-state index contributed by atoms with van der Waals surface area (Å²) >= 11 is 0.427. The molecule has 204 valence electrons. The molecule has 0 aliphatic heterocycles. The van der Waals surface area contributed by atoms with E-state index in [0.717, 1.165) is 29.7 Å². The molecule has 3 heterocycles. The van der Waals surface area contributed by atoms with E-state index in [1.54, 1.807) is 0 Å². The summed E-state index contributed by atoms with van der Waals surface area (Å²) in [4.78, 5) is 8.42. The fraction of sp³-hybridized carbons (Fsp3) is 0.296. The van der Waals surface area contributed by atoms with Crippen LogP contribution in [0.5, 0.6) is 11.8 Å². The standard InChI is InChI=1S/C27H25F4N5O2S/c1-37-26-22(35-39-16-27(29,30)31)12-18(13-32-26)25-21(28)10-11-23(33-25)38-15-19-14-36(20-8-5-9-20)34-24(19)17-6-3-2-4-7-17/h2-4,6-7,10-14,20,35H,5,8-9,15-16H2,1H3. The van der Waals surface area contributed by atoms with Gasteiger partial charge >= 0.3 is 6.18 Å². The van der Waals surface area contributed by atoms with Crippen molar-refractivity contribution in [3.8, 4) is 34.3 Å². The van der Waals surface area contributed by atoms with Crippen LogP contribution in [0.3, 0.4) is 0 Å². The van der Waals surface area contributed by atoms with Crippen LogP contribution < -0.4 is 14.2 Å². The molecule has 0 radical (unpaired) electrons. The number of benzene rings is 1. The second-order valence-corrected chi connectivity index (χ2v) is 9.77. The third-order valence-corrected chi connectivity index (χ3v) is 7.07. The lowest BCUT2D eigenvalue weighted by Gasteiger charge is -2.25. The molecule has 1 aliphatic carbocycles. The average Bonchev–Trinajstić information content (AvgIpc) is 3.30. The Kier molecular flexibility index (Phi) is 7.92. The first-order chi connectivity index (χ1) is 18.8. The van der Waals surface area contributed by atoms with Crippen molar-refractivity contribution in [1.29, 1.82) is 0 Å². The molecule has 0 amide bonds. The zero-order chi connectivity index (χ0) is 27.4. The minimum atomic E-state index is -4.36. The summed E-state index contributed by atoms with van der Waals surface area (Å²) in [5.41, 5.74) is 3.01. The van der Waals surface area contributed by atoms with Crippen LogP contribution in [-0.2, 0) is 6.61 Å². The van der Waals surface area contributed by atoms with Gasteiger partial charge in [-0.05, 0) is 43.3 Å². The van der Waals surface area contributed by atoms with Gasteiger partial charge < -0.3 is 14.2 Å². The molecule has 3 aromatic heterocycles. The Morgan fingerprint density at radius 3 is 2.56 bits per heavy atom. The Balaban J connectivity index is 1.37. The van der Waals surface area contributed by atoms with Gasteiger partial charge in [0.25, 0.3) is 0 Å². The second-order valence-electron chi connectivity index (χ2n) is 8.99. The van der Waals surface area contributed by atoms with Gasteiger partial charge in [-0.2, -0.15) is 18.3 Å². The number of nitrogens with zero attached hydrogens (tertiary/aromatic N) is 4. The van der Waals surface area contributed by atoms with Crippen molar-refractivity contribution >= 4 is 17.6 Å². The molecule has 1 fully saturated rings. The number of nitrogens with one attached hydrogen (secondary N) is 1. The Morgan fingerprint density at radius 2 is 1.87 bits per heavy atom. The Labute approximate surface area is 226 Å². The first-order valence-electron chi connectivity index (χ1n) is 12.2. The van der Waals surface area contributed by atoms with Crippen LogP contribution in [0.25, 0.3) is 22.5 Å². The number of halogens is 4. The molecule has 1 N–H and O–H groups in total. The molecule has 4 aromatic rings. The highest BCUT2D eigenvalue weighted by atomic mass is 32.2. The van der Waals surface area contributed by atoms with E-state index in [1.165, 1.54) is 37.9 Å². The molecule has 0 bridgehead atoms. The molecule has 7 nitrogen and oxygen atoms in total. The summed E-state index contributed by atoms with van der Waals surface area (Å²) < 4.78 is 68.2. The molecule has 0 saturated heterocycles. The maximum absolute atomic E-state index is 14.8. The minimum absolute atomic E-state index is 0.0556. The molecule has 0 atom stereocenters. The lowest BCUT2D eigenvalue weighted by Crippen LogP contribution is -2.17. The SMILES string of the molecule is COc1ncc(-c2nc(OCc3cn(C4CCC4)nc3-c3ccccc3)ccc2F)cc1NSCC(F)(F)F. The van der Waals surface area contributed by atoms with Crippen LogP contribution in [0.4, 0.5) is 23.2 Å². The number of hydrogen-bond donors (Lipinski definition) is 1. The Hall–Kier alpha value is -3.80. The van der Waals surface area contributed by atoms with E-state index in [9.17, 15) is 17.6 Å². The van der Waals surface area contributed by atoms with Gasteiger partial charge in [-0.25, -0.2) is 14.4 Å². The zero-order valence-corrected chi connectivity index (χ0v) is 21.7. The predicted octanol–water partition coefficient (Wildman–Crippen LogP) is 7.08. The molecular formula is C27H25F4N5O2S. The molecule has 1 saturated carbocycles. The molecule has 1 aromatic carbocycles. The molecule has 0 spiro atoms. The Morgan fingerprint density at radius 1 is 1.08 bits per heavy atom. The summed E-state index contributed by atoms with van der Waals surface area (Å²) in [5.74, 6) is -1.51. The van der Waals surface area contributed by atoms with Crippen molar-refractivity contribution in [2.45, 2.75) is 38.1 Å². The van der Waals surface area contributed by atoms with Crippen LogP contribution in [0, 0.1) is 5.82 Å². The van der Waals surface area contributed by atoms with Crippen molar-refractivity contribution in [3.63, 3.8) is 0 Å². The van der Waals surface area contributed by atoms with E-state index in [2.05, 4.69) is 14.7 Å². The number of anilines is 1. The monoisotopic (exact) mass is 559 g/mol. The topological polar surface area (TPSA) is 74.1 Å². The maximum atomic E-state index is 14.8. The highest BCUT2D eigenvalue weighted by Crippen LogP contribution is 2.35. The van der Waals surface area contributed by atoms with Crippen molar-refractivity contribution in [2.24, 2.45) is 0 Å². The van der Waals surface area contributed by atoms with Crippen LogP contribution in [0.2, 0.25) is 0 Å². The van der Waals surface area contributed by atoms with E-state index in [0.29, 0.717) is 18.0 Å². The predicted molar refractivity (Wildman–Crippen MR) is 141 cm³/mol. The second kappa shape index (κ2) is 11.5. The van der Waals surface area contributed by atoms with Gasteiger partial charge in [0, 0.05) is 35.2 Å². The van der Waals surface area contributed by atoms with Gasteiger partial charge in [-0.15, -0.1) is 0 Å². The summed E-state index contributed by atoms with van der Waals surface area (Å²) in [6, 6.07) is 14.3. The van der Waals surface area contributed by atoms with E-state index in [4.69, 9.17) is 14.6 Å². The van der Waals surface area contributed by atoms with Gasteiger partial charge in [0.05, 0.1) is 18.8 Å². The van der Waals surface area contributed by atoms with Crippen molar-refractivity contribution in [2.75, 3.05) is 17.6 Å². The van der Waals surface area contributed by atoms with Crippen molar-refractivity contribution in [3.05, 3.63) is 72.3 Å². The van der Waals surface area contributed by atoms with Crippen molar-refractivity contribution in [1.82, 2.24) is 19.7 Å². The normalized spacial score (nSPS) is 13.7. The van der Waals surface area contributed by atoms with E-state index in [1.807, 2.05) is 41.2 Å². The molecule has 5 rings (SSSR count). The quantitative estimate of drug-likeness (QED) is 0.164. The first kappa shape index (κ1) is 26.8. The lowest BCUT2D eigenvalue weighted by atomic mass is 9.93. The number of hydrogen-bond acceptors (Lipinski definition) is 7. The molecule has 0 unspecified atom stereocenters. The number of rotatable bonds is 10. The van der Waals surface area contributed by atoms with Gasteiger partial charge in [0.1, 0.15) is 29.6 Å². The third-order valence-electron chi connectivity index (χ3n) is 6.24. The molecule has 39 heavy (non-hydrogen) atoms. The largest absolute Gasteiger partial charge is 0.480 e. The highest BCUT2D eigenvalue weighted by Gasteiger charge is 2.27. The summed E-state index contributed by atoms with van der Waals surface area (Å²) in [7, 11) is 1.34. The smallest absolute Gasteiger partial charge is 0.399 e. The Bertz CT molecular complexity index is 1430. The van der Waals surface area contributed by atoms with Crippen LogP contribution in [0.1, 0.15) is 30.9 Å². The first-order valence-corrected chi connectivity index (χ1v) is 13.2. The molecule has 12 heteroatoms. The van der Waals surface area contributed by atoms with Crippen molar-refractivity contribution < 1.29 is 27.0 Å². The van der Waals surface area contributed by atoms with Crippen LogP contribution >= 0.6 is 11.9 Å². The third kappa shape index (κ3) is 6.44. The maximum Gasteiger partial charge on any atom is 0.399 e. The average molecular weight is 560 g/mol. The molecule has 1 aliphatic rings. The fourth-order valence-electron chi connectivity index (χ4n) is 4.08.